The van der Waals surface area contributed by atoms with Crippen molar-refractivity contribution >= 4 is 42.6 Å². The van der Waals surface area contributed by atoms with Crippen LogP contribution in [0.2, 0.25) is 0 Å². The first-order valence-corrected chi connectivity index (χ1v) is 12.4. The van der Waals surface area contributed by atoms with Gasteiger partial charge in [-0.15, -0.1) is 24.8 Å². The second-order valence-corrected chi connectivity index (χ2v) is 9.15. The molecular weight excluding hydrogens is 515 g/mol. The van der Waals surface area contributed by atoms with Crippen LogP contribution in [0.4, 0.5) is 0 Å². The summed E-state index contributed by atoms with van der Waals surface area (Å²) in [6, 6.07) is 8.02. The van der Waals surface area contributed by atoms with Crippen LogP contribution < -0.4 is 27.8 Å². The molecule has 12 heteroatoms. The number of amides is 2. The monoisotopic (exact) mass is 554 g/mol. The third-order valence-corrected chi connectivity index (χ3v) is 6.30. The van der Waals surface area contributed by atoms with E-state index in [1.165, 1.54) is 19.3 Å². The van der Waals surface area contributed by atoms with E-state index in [0.717, 1.165) is 29.9 Å². The number of nitrogens with one attached hydrogen (secondary N) is 3. The molecule has 0 unspecified atom stereocenters. The fraction of sp³-hybridized carbons (Fsp3) is 0.520. The summed E-state index contributed by atoms with van der Waals surface area (Å²) in [7, 11) is 0. The number of hydrogen-bond acceptors (Lipinski definition) is 5. The summed E-state index contributed by atoms with van der Waals surface area (Å²) < 4.78 is 0. The zero-order valence-corrected chi connectivity index (χ0v) is 22.7. The van der Waals surface area contributed by atoms with Gasteiger partial charge in [0, 0.05) is 37.3 Å². The number of rotatable bonds is 12. The van der Waals surface area contributed by atoms with Gasteiger partial charge in [0.25, 0.3) is 0 Å². The van der Waals surface area contributed by atoms with Crippen molar-refractivity contribution in [3.63, 3.8) is 0 Å². The van der Waals surface area contributed by atoms with E-state index >= 15 is 0 Å². The van der Waals surface area contributed by atoms with Crippen LogP contribution in [0.1, 0.15) is 67.9 Å². The first kappa shape index (κ1) is 32.2. The van der Waals surface area contributed by atoms with E-state index in [1.807, 2.05) is 30.3 Å². The maximum Gasteiger partial charge on any atom is 0.242 e. The van der Waals surface area contributed by atoms with E-state index in [0.29, 0.717) is 38.3 Å². The number of aliphatic imine (C=N–C) groups is 1. The summed E-state index contributed by atoms with van der Waals surface area (Å²) in [6.07, 6.45) is 8.99. The Bertz CT molecular complexity index is 976. The van der Waals surface area contributed by atoms with Crippen LogP contribution in [0.15, 0.2) is 41.5 Å². The average Bonchev–Trinajstić information content (AvgIpc) is 3.33. The lowest BCUT2D eigenvalue weighted by molar-refractivity contribution is -0.129. The standard InChI is InChI=1S/C25H38N8O2.2ClH/c26-20(14-19-16-30-22(32-19)18-10-5-2-6-11-18)23(34)33-21(12-7-13-29-25(27)28)24(35)31-15-17-8-3-1-4-9-17;;/h1,3-4,8-9,16,18,20-21H,2,5-7,10-15,26H2,(H,30,32)(H,31,35)(H,33,34)(H4,27,28,29);2*1H/t20-,21-;;/m0../s1. The molecule has 10 nitrogen and oxygen atoms in total. The molecule has 1 saturated carbocycles. The van der Waals surface area contributed by atoms with E-state index in [-0.39, 0.29) is 42.6 Å². The van der Waals surface area contributed by atoms with Crippen molar-refractivity contribution in [1.82, 2.24) is 20.6 Å². The summed E-state index contributed by atoms with van der Waals surface area (Å²) in [6.45, 7) is 0.731. The number of imidazole rings is 1. The van der Waals surface area contributed by atoms with Crippen molar-refractivity contribution in [3.8, 4) is 0 Å². The molecule has 2 aromatic rings. The highest BCUT2D eigenvalue weighted by atomic mass is 35.5. The SMILES string of the molecule is Cl.Cl.NC(N)=NCCC[C@H](NC(=O)[C@@H](N)Cc1cnc(C2CCCCC2)[nH]1)C(=O)NCc1ccccc1. The van der Waals surface area contributed by atoms with Gasteiger partial charge in [-0.3, -0.25) is 14.6 Å². The Morgan fingerprint density at radius 3 is 2.46 bits per heavy atom. The molecule has 2 atom stereocenters. The molecular formula is C25H40Cl2N8O2. The largest absolute Gasteiger partial charge is 0.370 e. The number of nitrogens with two attached hydrogens (primary N) is 3. The van der Waals surface area contributed by atoms with Crippen LogP contribution in [0.25, 0.3) is 0 Å². The summed E-state index contributed by atoms with van der Waals surface area (Å²) in [4.78, 5) is 37.6. The maximum atomic E-state index is 12.9. The van der Waals surface area contributed by atoms with Gasteiger partial charge in [-0.2, -0.15) is 0 Å². The smallest absolute Gasteiger partial charge is 0.242 e. The van der Waals surface area contributed by atoms with Gasteiger partial charge in [-0.25, -0.2) is 4.98 Å². The highest BCUT2D eigenvalue weighted by Gasteiger charge is 2.25. The van der Waals surface area contributed by atoms with Crippen molar-refractivity contribution in [1.29, 1.82) is 0 Å². The number of guanidine groups is 1. The number of nitrogens with zero attached hydrogens (tertiary/aromatic N) is 2. The summed E-state index contributed by atoms with van der Waals surface area (Å²) >= 11 is 0. The Kier molecular flexibility index (Phi) is 14.7. The number of aromatic nitrogens is 2. The van der Waals surface area contributed by atoms with Crippen LogP contribution in [-0.2, 0) is 22.6 Å². The first-order valence-electron chi connectivity index (χ1n) is 12.4. The minimum Gasteiger partial charge on any atom is -0.370 e. The number of halogens is 2. The quantitative estimate of drug-likeness (QED) is 0.133. The normalized spacial score (nSPS) is 14.8. The Morgan fingerprint density at radius 2 is 1.78 bits per heavy atom. The molecule has 1 aliphatic rings. The number of carbonyl (C=O) groups is 2. The van der Waals surface area contributed by atoms with Gasteiger partial charge >= 0.3 is 0 Å². The van der Waals surface area contributed by atoms with Crippen molar-refractivity contribution in [2.24, 2.45) is 22.2 Å². The fourth-order valence-electron chi connectivity index (χ4n) is 4.35. The highest BCUT2D eigenvalue weighted by Crippen LogP contribution is 2.30. The van der Waals surface area contributed by atoms with Crippen LogP contribution in [-0.4, -0.2) is 46.4 Å². The van der Waals surface area contributed by atoms with Crippen molar-refractivity contribution in [2.75, 3.05) is 6.54 Å². The van der Waals surface area contributed by atoms with E-state index in [9.17, 15) is 9.59 Å². The topological polar surface area (TPSA) is 177 Å². The number of hydrogen-bond donors (Lipinski definition) is 6. The third kappa shape index (κ3) is 11.0. The van der Waals surface area contributed by atoms with Gasteiger partial charge in [0.15, 0.2) is 5.96 Å². The molecule has 1 fully saturated rings. The Morgan fingerprint density at radius 1 is 1.08 bits per heavy atom. The molecule has 1 heterocycles. The first-order chi connectivity index (χ1) is 16.9. The molecule has 0 spiro atoms. The summed E-state index contributed by atoms with van der Waals surface area (Å²) in [5.41, 5.74) is 18.7. The molecule has 3 rings (SSSR count). The van der Waals surface area contributed by atoms with Crippen molar-refractivity contribution in [2.45, 2.75) is 75.9 Å². The van der Waals surface area contributed by atoms with Crippen LogP contribution >= 0.6 is 24.8 Å². The predicted octanol–water partition coefficient (Wildman–Crippen LogP) is 2.03. The lowest BCUT2D eigenvalue weighted by Gasteiger charge is -2.21. The molecule has 0 bridgehead atoms. The Labute approximate surface area is 230 Å². The lowest BCUT2D eigenvalue weighted by Crippen LogP contribution is -2.52. The zero-order chi connectivity index (χ0) is 25.0. The number of aromatic amines is 1. The van der Waals surface area contributed by atoms with E-state index < -0.39 is 12.1 Å². The van der Waals surface area contributed by atoms with Crippen LogP contribution in [0.3, 0.4) is 0 Å². The number of H-pyrrole nitrogens is 1. The maximum absolute atomic E-state index is 12.9. The van der Waals surface area contributed by atoms with E-state index in [2.05, 4.69) is 25.6 Å². The summed E-state index contributed by atoms with van der Waals surface area (Å²) in [5, 5.41) is 5.70. The van der Waals surface area contributed by atoms with Gasteiger partial charge in [-0.05, 0) is 31.2 Å². The molecule has 0 saturated heterocycles. The number of carbonyl (C=O) groups excluding carboxylic acids is 2. The van der Waals surface area contributed by atoms with E-state index in [1.54, 1.807) is 6.20 Å². The minimum absolute atomic E-state index is 0. The lowest BCUT2D eigenvalue weighted by atomic mass is 9.89. The molecule has 1 aliphatic carbocycles. The van der Waals surface area contributed by atoms with E-state index in [4.69, 9.17) is 17.2 Å². The zero-order valence-electron chi connectivity index (χ0n) is 21.0. The molecule has 206 valence electrons. The van der Waals surface area contributed by atoms with Gasteiger partial charge < -0.3 is 32.8 Å². The van der Waals surface area contributed by atoms with Crippen molar-refractivity contribution in [3.05, 3.63) is 53.6 Å². The minimum atomic E-state index is -0.809. The highest BCUT2D eigenvalue weighted by molar-refractivity contribution is 5.89. The summed E-state index contributed by atoms with van der Waals surface area (Å²) in [5.74, 6) is 0.754. The van der Waals surface area contributed by atoms with Crippen molar-refractivity contribution < 1.29 is 9.59 Å². The second-order valence-electron chi connectivity index (χ2n) is 9.15. The van der Waals surface area contributed by atoms with Gasteiger partial charge in [0.2, 0.25) is 11.8 Å². The van der Waals surface area contributed by atoms with Crippen LogP contribution in [0.5, 0.6) is 0 Å². The molecule has 37 heavy (non-hydrogen) atoms. The molecule has 0 radical (unpaired) electrons. The number of benzene rings is 1. The molecule has 0 aliphatic heterocycles. The van der Waals surface area contributed by atoms with Gasteiger partial charge in [-0.1, -0.05) is 49.6 Å². The molecule has 2 amide bonds. The Balaban J connectivity index is 0.00000342. The van der Waals surface area contributed by atoms with Gasteiger partial charge in [0.05, 0.1) is 6.04 Å². The van der Waals surface area contributed by atoms with Crippen LogP contribution in [0, 0.1) is 0 Å². The average molecular weight is 556 g/mol. The molecule has 9 N–H and O–H groups in total. The van der Waals surface area contributed by atoms with Gasteiger partial charge in [0.1, 0.15) is 11.9 Å². The second kappa shape index (κ2) is 16.8. The Hall–Kier alpha value is -2.82. The molecule has 1 aromatic carbocycles. The third-order valence-electron chi connectivity index (χ3n) is 6.30. The fourth-order valence-corrected chi connectivity index (χ4v) is 4.35. The molecule has 1 aromatic heterocycles. The predicted molar refractivity (Wildman–Crippen MR) is 151 cm³/mol.